The Hall–Kier alpha value is -3.11. The highest BCUT2D eigenvalue weighted by Crippen LogP contribution is 2.33. The normalized spacial score (nSPS) is 11.5. The number of rotatable bonds is 6. The second kappa shape index (κ2) is 7.13. The predicted octanol–water partition coefficient (Wildman–Crippen LogP) is 3.71. The molecule has 28 heavy (non-hydrogen) atoms. The third kappa shape index (κ3) is 3.51. The van der Waals surface area contributed by atoms with Gasteiger partial charge in [0.25, 0.3) is 10.0 Å². The number of ether oxygens (including phenoxy) is 1. The van der Waals surface area contributed by atoms with Gasteiger partial charge in [0.05, 0.1) is 41.6 Å². The molecule has 3 aromatic heterocycles. The van der Waals surface area contributed by atoms with E-state index < -0.39 is 10.0 Å². The van der Waals surface area contributed by atoms with Gasteiger partial charge in [-0.15, -0.1) is 11.3 Å². The van der Waals surface area contributed by atoms with Gasteiger partial charge in [-0.2, -0.15) is 0 Å². The molecule has 1 aromatic carbocycles. The number of methoxy groups -OCH3 is 1. The first-order valence-corrected chi connectivity index (χ1v) is 10.5. The molecular formula is C18H16N4O4S2. The van der Waals surface area contributed by atoms with Gasteiger partial charge in [-0.25, -0.2) is 13.4 Å². The molecular weight excluding hydrogens is 400 g/mol. The molecule has 4 aromatic rings. The van der Waals surface area contributed by atoms with Crippen LogP contribution in [0.4, 0.5) is 5.69 Å². The van der Waals surface area contributed by atoms with Crippen LogP contribution in [0.5, 0.6) is 5.75 Å². The van der Waals surface area contributed by atoms with Crippen molar-refractivity contribution in [1.29, 1.82) is 0 Å². The Bertz CT molecular complexity index is 1210. The fourth-order valence-electron chi connectivity index (χ4n) is 2.65. The Kier molecular flexibility index (Phi) is 4.65. The number of benzene rings is 1. The second-order valence-electron chi connectivity index (χ2n) is 5.91. The van der Waals surface area contributed by atoms with Crippen LogP contribution in [0.25, 0.3) is 16.3 Å². The van der Waals surface area contributed by atoms with Crippen molar-refractivity contribution < 1.29 is 17.7 Å². The topological polar surface area (TPSA) is 99.2 Å². The summed E-state index contributed by atoms with van der Waals surface area (Å²) in [7, 11) is -2.22. The van der Waals surface area contributed by atoms with E-state index in [1.165, 1.54) is 19.4 Å². The van der Waals surface area contributed by atoms with E-state index >= 15 is 0 Å². The summed E-state index contributed by atoms with van der Waals surface area (Å²) in [5.74, 6) is 1.04. The Balaban J connectivity index is 1.61. The van der Waals surface area contributed by atoms with Crippen LogP contribution in [-0.2, 0) is 10.0 Å². The molecule has 0 fully saturated rings. The highest BCUT2D eigenvalue weighted by Gasteiger charge is 2.19. The fourth-order valence-corrected chi connectivity index (χ4v) is 4.97. The van der Waals surface area contributed by atoms with Crippen molar-refractivity contribution in [1.82, 2.24) is 14.7 Å². The number of sulfonamides is 1. The SMILES string of the molecule is COc1cc(NS(=O)(=O)c2ccc(-c3ccno3)s2)ccc1-n1cnc(C)c1. The van der Waals surface area contributed by atoms with Gasteiger partial charge < -0.3 is 13.8 Å². The van der Waals surface area contributed by atoms with Crippen LogP contribution in [-0.4, -0.2) is 30.2 Å². The summed E-state index contributed by atoms with van der Waals surface area (Å²) in [6, 6.07) is 9.97. The largest absolute Gasteiger partial charge is 0.494 e. The smallest absolute Gasteiger partial charge is 0.271 e. The molecule has 0 aliphatic heterocycles. The van der Waals surface area contributed by atoms with E-state index in [-0.39, 0.29) is 4.21 Å². The molecule has 3 heterocycles. The van der Waals surface area contributed by atoms with Gasteiger partial charge in [0.1, 0.15) is 9.96 Å². The van der Waals surface area contributed by atoms with Gasteiger partial charge in [0, 0.05) is 18.3 Å². The average molecular weight is 416 g/mol. The van der Waals surface area contributed by atoms with Crippen molar-refractivity contribution in [2.75, 3.05) is 11.8 Å². The second-order valence-corrected chi connectivity index (χ2v) is 8.90. The van der Waals surface area contributed by atoms with Gasteiger partial charge in [-0.1, -0.05) is 5.16 Å². The molecule has 144 valence electrons. The van der Waals surface area contributed by atoms with Crippen molar-refractivity contribution >= 4 is 27.0 Å². The molecule has 10 heteroatoms. The lowest BCUT2D eigenvalue weighted by molar-refractivity contribution is 0.413. The standard InChI is InChI=1S/C18H16N4O4S2/c1-12-10-22(11-19-12)14-4-3-13(9-16(14)25-2)21-28(23,24)18-6-5-17(27-18)15-7-8-20-26-15/h3-11,21H,1-2H3. The minimum Gasteiger partial charge on any atom is -0.494 e. The summed E-state index contributed by atoms with van der Waals surface area (Å²) in [5.41, 5.74) is 2.02. The van der Waals surface area contributed by atoms with Crippen LogP contribution >= 0.6 is 11.3 Å². The average Bonchev–Trinajstić information content (AvgIpc) is 3.42. The molecule has 0 aliphatic rings. The van der Waals surface area contributed by atoms with Gasteiger partial charge in [-0.05, 0) is 31.2 Å². The molecule has 0 saturated carbocycles. The lowest BCUT2D eigenvalue weighted by Crippen LogP contribution is -2.11. The van der Waals surface area contributed by atoms with E-state index in [0.29, 0.717) is 22.1 Å². The first-order chi connectivity index (χ1) is 13.5. The quantitative estimate of drug-likeness (QED) is 0.514. The number of aromatic nitrogens is 3. The molecule has 0 bridgehead atoms. The Labute approximate surface area is 165 Å². The number of hydrogen-bond acceptors (Lipinski definition) is 7. The first kappa shape index (κ1) is 18.3. The minimum absolute atomic E-state index is 0.173. The molecule has 4 rings (SSSR count). The van der Waals surface area contributed by atoms with Gasteiger partial charge in [0.15, 0.2) is 5.76 Å². The van der Waals surface area contributed by atoms with Crippen molar-refractivity contribution in [3.8, 4) is 22.1 Å². The zero-order chi connectivity index (χ0) is 19.7. The number of hydrogen-bond donors (Lipinski definition) is 1. The number of anilines is 1. The predicted molar refractivity (Wildman–Crippen MR) is 105 cm³/mol. The molecule has 0 aliphatic carbocycles. The van der Waals surface area contributed by atoms with Crippen LogP contribution in [0.3, 0.4) is 0 Å². The van der Waals surface area contributed by atoms with E-state index in [1.54, 1.807) is 36.7 Å². The maximum Gasteiger partial charge on any atom is 0.271 e. The van der Waals surface area contributed by atoms with E-state index in [9.17, 15) is 8.42 Å². The summed E-state index contributed by atoms with van der Waals surface area (Å²) in [6.07, 6.45) is 5.04. The molecule has 8 nitrogen and oxygen atoms in total. The third-order valence-electron chi connectivity index (χ3n) is 3.95. The molecule has 0 amide bonds. The van der Waals surface area contributed by atoms with E-state index in [1.807, 2.05) is 17.7 Å². The van der Waals surface area contributed by atoms with E-state index in [2.05, 4.69) is 14.9 Å². The van der Waals surface area contributed by atoms with Crippen LogP contribution < -0.4 is 9.46 Å². The minimum atomic E-state index is -3.75. The summed E-state index contributed by atoms with van der Waals surface area (Å²) < 4.78 is 40.5. The highest BCUT2D eigenvalue weighted by molar-refractivity contribution is 7.94. The van der Waals surface area contributed by atoms with Crippen LogP contribution in [0.2, 0.25) is 0 Å². The monoisotopic (exact) mass is 416 g/mol. The Morgan fingerprint density at radius 2 is 2.07 bits per heavy atom. The van der Waals surface area contributed by atoms with Gasteiger partial charge >= 0.3 is 0 Å². The molecule has 0 saturated heterocycles. The maximum absolute atomic E-state index is 12.7. The summed E-state index contributed by atoms with van der Waals surface area (Å²) >= 11 is 1.10. The fraction of sp³-hybridized carbons (Fsp3) is 0.111. The van der Waals surface area contributed by atoms with Crippen molar-refractivity contribution in [3.63, 3.8) is 0 Å². The summed E-state index contributed by atoms with van der Waals surface area (Å²) in [6.45, 7) is 1.89. The summed E-state index contributed by atoms with van der Waals surface area (Å²) in [5, 5.41) is 3.64. The number of nitrogens with one attached hydrogen (secondary N) is 1. The number of thiophene rings is 1. The van der Waals surface area contributed by atoms with E-state index in [4.69, 9.17) is 9.26 Å². The number of nitrogens with zero attached hydrogens (tertiary/aromatic N) is 3. The summed E-state index contributed by atoms with van der Waals surface area (Å²) in [4.78, 5) is 4.88. The molecule has 0 radical (unpaired) electrons. The van der Waals surface area contributed by atoms with Gasteiger partial charge in [-0.3, -0.25) is 4.72 Å². The van der Waals surface area contributed by atoms with Crippen LogP contribution in [0, 0.1) is 6.92 Å². The lowest BCUT2D eigenvalue weighted by Gasteiger charge is -2.12. The third-order valence-corrected chi connectivity index (χ3v) is 6.92. The molecule has 0 spiro atoms. The van der Waals surface area contributed by atoms with Crippen molar-refractivity contribution in [2.45, 2.75) is 11.1 Å². The Morgan fingerprint density at radius 3 is 2.75 bits per heavy atom. The molecule has 0 unspecified atom stereocenters. The van der Waals surface area contributed by atoms with Gasteiger partial charge in [0.2, 0.25) is 0 Å². The zero-order valence-corrected chi connectivity index (χ0v) is 16.6. The number of imidazole rings is 1. The molecule has 0 atom stereocenters. The van der Waals surface area contributed by atoms with Crippen LogP contribution in [0.1, 0.15) is 5.69 Å². The molecule has 1 N–H and O–H groups in total. The highest BCUT2D eigenvalue weighted by atomic mass is 32.2. The first-order valence-electron chi connectivity index (χ1n) is 8.19. The van der Waals surface area contributed by atoms with Crippen LogP contribution in [0.15, 0.2) is 63.9 Å². The Morgan fingerprint density at radius 1 is 1.21 bits per heavy atom. The zero-order valence-electron chi connectivity index (χ0n) is 15.0. The van der Waals surface area contributed by atoms with E-state index in [0.717, 1.165) is 22.7 Å². The lowest BCUT2D eigenvalue weighted by atomic mass is 10.2. The maximum atomic E-state index is 12.7. The number of aryl methyl sites for hydroxylation is 1. The van der Waals surface area contributed by atoms with Crippen molar-refractivity contribution in [2.24, 2.45) is 0 Å². The van der Waals surface area contributed by atoms with Crippen molar-refractivity contribution in [3.05, 3.63) is 60.8 Å².